The summed E-state index contributed by atoms with van der Waals surface area (Å²) >= 11 is 8.52. The largest absolute Gasteiger partial charge is 0.360 e. The summed E-state index contributed by atoms with van der Waals surface area (Å²) in [5.41, 5.74) is 0. The van der Waals surface area contributed by atoms with E-state index in [0.717, 1.165) is 23.1 Å². The van der Waals surface area contributed by atoms with Gasteiger partial charge in [0, 0.05) is 16.7 Å². The summed E-state index contributed by atoms with van der Waals surface area (Å²) in [6.45, 7) is 4.28. The Kier molecular flexibility index (Phi) is 5.69. The van der Waals surface area contributed by atoms with Crippen LogP contribution in [0.1, 0.15) is 26.7 Å². The van der Waals surface area contributed by atoms with E-state index in [1.54, 1.807) is 6.20 Å². The number of anilines is 1. The molecule has 88 valence electrons. The average molecular weight is 302 g/mol. The fourth-order valence-corrected chi connectivity index (χ4v) is 1.87. The minimum atomic E-state index is 0.389. The van der Waals surface area contributed by atoms with Crippen LogP contribution in [0.25, 0.3) is 0 Å². The number of pyridine rings is 1. The number of rotatable bonds is 4. The molecule has 0 spiro atoms. The summed E-state index contributed by atoms with van der Waals surface area (Å²) in [6, 6.07) is 4.19. The fourth-order valence-electron chi connectivity index (χ4n) is 1.33. The van der Waals surface area contributed by atoms with Gasteiger partial charge in [0.1, 0.15) is 5.82 Å². The fraction of sp³-hybridized carbons (Fsp3) is 0.455. The Morgan fingerprint density at radius 2 is 2.31 bits per heavy atom. The van der Waals surface area contributed by atoms with Crippen molar-refractivity contribution in [3.63, 3.8) is 0 Å². The van der Waals surface area contributed by atoms with Gasteiger partial charge < -0.3 is 10.6 Å². The van der Waals surface area contributed by atoms with E-state index >= 15 is 0 Å². The number of hydrogen-bond acceptors (Lipinski definition) is 2. The van der Waals surface area contributed by atoms with Gasteiger partial charge in [0.2, 0.25) is 0 Å². The van der Waals surface area contributed by atoms with Gasteiger partial charge in [-0.25, -0.2) is 4.98 Å². The summed E-state index contributed by atoms with van der Waals surface area (Å²) in [5.74, 6) is 0.754. The van der Waals surface area contributed by atoms with Gasteiger partial charge in [0.05, 0.1) is 0 Å². The van der Waals surface area contributed by atoms with Crippen LogP contribution in [-0.4, -0.2) is 16.1 Å². The van der Waals surface area contributed by atoms with Crippen molar-refractivity contribution in [2.45, 2.75) is 32.7 Å². The monoisotopic (exact) mass is 301 g/mol. The Morgan fingerprint density at radius 1 is 1.56 bits per heavy atom. The van der Waals surface area contributed by atoms with Gasteiger partial charge in [-0.3, -0.25) is 0 Å². The van der Waals surface area contributed by atoms with Crippen LogP contribution in [-0.2, 0) is 0 Å². The van der Waals surface area contributed by atoms with Crippen LogP contribution in [0.3, 0.4) is 0 Å². The zero-order chi connectivity index (χ0) is 12.0. The predicted octanol–water partition coefficient (Wildman–Crippen LogP) is 3.32. The lowest BCUT2D eigenvalue weighted by Gasteiger charge is -2.15. The number of nitrogens with one attached hydrogen (secondary N) is 2. The van der Waals surface area contributed by atoms with E-state index in [4.69, 9.17) is 12.2 Å². The smallest absolute Gasteiger partial charge is 0.172 e. The van der Waals surface area contributed by atoms with E-state index in [9.17, 15) is 0 Å². The van der Waals surface area contributed by atoms with Crippen molar-refractivity contribution in [1.82, 2.24) is 10.3 Å². The van der Waals surface area contributed by atoms with E-state index < -0.39 is 0 Å². The standard InChI is InChI=1S/C11H16BrN3S/c1-3-4-8(2)14-11(16)15-10-6-5-9(12)7-13-10/h5-8H,3-4H2,1-2H3,(H2,13,14,15,16)/t8-/m0/s1. The minimum Gasteiger partial charge on any atom is -0.360 e. The molecular formula is C11H16BrN3S. The number of thiocarbonyl (C=S) groups is 1. The van der Waals surface area contributed by atoms with Crippen LogP contribution in [0.2, 0.25) is 0 Å². The van der Waals surface area contributed by atoms with Gasteiger partial charge in [-0.05, 0) is 53.6 Å². The van der Waals surface area contributed by atoms with Crippen molar-refractivity contribution in [3.8, 4) is 0 Å². The van der Waals surface area contributed by atoms with Crippen LogP contribution in [0.5, 0.6) is 0 Å². The average Bonchev–Trinajstić information content (AvgIpc) is 2.21. The maximum Gasteiger partial charge on any atom is 0.172 e. The van der Waals surface area contributed by atoms with Crippen LogP contribution in [0.15, 0.2) is 22.8 Å². The lowest BCUT2D eigenvalue weighted by molar-refractivity contribution is 0.599. The molecule has 0 aliphatic carbocycles. The molecule has 0 saturated carbocycles. The Labute approximate surface area is 110 Å². The minimum absolute atomic E-state index is 0.389. The lowest BCUT2D eigenvalue weighted by atomic mass is 10.2. The van der Waals surface area contributed by atoms with E-state index in [2.05, 4.69) is 45.4 Å². The molecule has 2 N–H and O–H groups in total. The zero-order valence-corrected chi connectivity index (χ0v) is 11.9. The molecule has 0 unspecified atom stereocenters. The second-order valence-electron chi connectivity index (χ2n) is 3.65. The molecule has 0 amide bonds. The zero-order valence-electron chi connectivity index (χ0n) is 9.46. The first-order valence-electron chi connectivity index (χ1n) is 5.31. The quantitative estimate of drug-likeness (QED) is 0.837. The second kappa shape index (κ2) is 6.81. The molecule has 1 rings (SSSR count). The Balaban J connectivity index is 2.42. The molecule has 1 heterocycles. The molecule has 0 radical (unpaired) electrons. The lowest BCUT2D eigenvalue weighted by Crippen LogP contribution is -2.35. The van der Waals surface area contributed by atoms with Crippen LogP contribution in [0.4, 0.5) is 5.82 Å². The summed E-state index contributed by atoms with van der Waals surface area (Å²) < 4.78 is 0.955. The summed E-state index contributed by atoms with van der Waals surface area (Å²) in [4.78, 5) is 4.19. The van der Waals surface area contributed by atoms with Gasteiger partial charge in [-0.15, -0.1) is 0 Å². The molecule has 1 aromatic heterocycles. The molecule has 0 fully saturated rings. The topological polar surface area (TPSA) is 37.0 Å². The molecular weight excluding hydrogens is 286 g/mol. The van der Waals surface area contributed by atoms with Crippen molar-refractivity contribution >= 4 is 39.1 Å². The Bertz CT molecular complexity index is 340. The maximum atomic E-state index is 5.19. The van der Waals surface area contributed by atoms with Crippen molar-refractivity contribution in [1.29, 1.82) is 0 Å². The number of nitrogens with zero attached hydrogens (tertiary/aromatic N) is 1. The van der Waals surface area contributed by atoms with Gasteiger partial charge in [0.25, 0.3) is 0 Å². The molecule has 0 aromatic carbocycles. The highest BCUT2D eigenvalue weighted by atomic mass is 79.9. The first-order chi connectivity index (χ1) is 7.61. The van der Waals surface area contributed by atoms with Crippen LogP contribution >= 0.6 is 28.1 Å². The molecule has 0 aliphatic rings. The van der Waals surface area contributed by atoms with Crippen molar-refractivity contribution in [2.75, 3.05) is 5.32 Å². The normalized spacial score (nSPS) is 11.9. The molecule has 5 heteroatoms. The molecule has 0 bridgehead atoms. The van der Waals surface area contributed by atoms with Gasteiger partial charge in [-0.1, -0.05) is 13.3 Å². The predicted molar refractivity (Wildman–Crippen MR) is 75.7 cm³/mol. The highest BCUT2D eigenvalue weighted by Crippen LogP contribution is 2.10. The molecule has 0 aliphatic heterocycles. The third-order valence-corrected chi connectivity index (χ3v) is 2.76. The van der Waals surface area contributed by atoms with E-state index in [1.807, 2.05) is 12.1 Å². The molecule has 16 heavy (non-hydrogen) atoms. The van der Waals surface area contributed by atoms with Gasteiger partial charge in [0.15, 0.2) is 5.11 Å². The number of hydrogen-bond donors (Lipinski definition) is 2. The van der Waals surface area contributed by atoms with Gasteiger partial charge >= 0.3 is 0 Å². The number of halogens is 1. The van der Waals surface area contributed by atoms with Crippen molar-refractivity contribution < 1.29 is 0 Å². The first-order valence-corrected chi connectivity index (χ1v) is 6.51. The molecule has 1 aromatic rings. The SMILES string of the molecule is CCC[C@H](C)NC(=S)Nc1ccc(Br)cn1. The van der Waals surface area contributed by atoms with Gasteiger partial charge in [-0.2, -0.15) is 0 Å². The second-order valence-corrected chi connectivity index (χ2v) is 4.97. The Morgan fingerprint density at radius 3 is 2.88 bits per heavy atom. The molecule has 1 atom stereocenters. The van der Waals surface area contributed by atoms with E-state index in [-0.39, 0.29) is 0 Å². The third-order valence-electron chi connectivity index (χ3n) is 2.07. The summed E-state index contributed by atoms with van der Waals surface area (Å²) in [7, 11) is 0. The number of aromatic nitrogens is 1. The maximum absolute atomic E-state index is 5.19. The highest BCUT2D eigenvalue weighted by molar-refractivity contribution is 9.10. The van der Waals surface area contributed by atoms with E-state index in [1.165, 1.54) is 0 Å². The Hall–Kier alpha value is -0.680. The summed E-state index contributed by atoms with van der Waals surface area (Å²) in [6.07, 6.45) is 3.99. The van der Waals surface area contributed by atoms with Crippen LogP contribution in [0, 0.1) is 0 Å². The third kappa shape index (κ3) is 4.90. The molecule has 0 saturated heterocycles. The first kappa shape index (κ1) is 13.4. The van der Waals surface area contributed by atoms with Crippen molar-refractivity contribution in [3.05, 3.63) is 22.8 Å². The highest BCUT2D eigenvalue weighted by Gasteiger charge is 2.03. The van der Waals surface area contributed by atoms with Crippen LogP contribution < -0.4 is 10.6 Å². The van der Waals surface area contributed by atoms with Crippen molar-refractivity contribution in [2.24, 2.45) is 0 Å². The molecule has 3 nitrogen and oxygen atoms in total. The summed E-state index contributed by atoms with van der Waals surface area (Å²) in [5, 5.41) is 6.88. The van der Waals surface area contributed by atoms with E-state index in [0.29, 0.717) is 11.2 Å².